The molecule has 98 valence electrons. The Balaban J connectivity index is 1.71. The first-order valence-electron chi connectivity index (χ1n) is 6.63. The van der Waals surface area contributed by atoms with Crippen molar-refractivity contribution in [3.05, 3.63) is 29.6 Å². The molecule has 1 saturated carbocycles. The molecule has 0 atom stereocenters. The van der Waals surface area contributed by atoms with Crippen LogP contribution in [0.3, 0.4) is 0 Å². The number of hydrogen-bond acceptors (Lipinski definition) is 2. The minimum Gasteiger partial charge on any atom is -0.356 e. The Morgan fingerprint density at radius 1 is 1.44 bits per heavy atom. The molecule has 4 nitrogen and oxygen atoms in total. The van der Waals surface area contributed by atoms with E-state index in [0.29, 0.717) is 0 Å². The SMILES string of the molecule is CN=C(NCCc1ccncc1C)NCC1CC1. The molecule has 2 rings (SSSR count). The predicted octanol–water partition coefficient (Wildman–Crippen LogP) is 1.51. The minimum atomic E-state index is 0.867. The first-order valence-corrected chi connectivity index (χ1v) is 6.63. The van der Waals surface area contributed by atoms with E-state index in [1.165, 1.54) is 24.0 Å². The van der Waals surface area contributed by atoms with Gasteiger partial charge in [0.1, 0.15) is 0 Å². The zero-order valence-corrected chi connectivity index (χ0v) is 11.2. The van der Waals surface area contributed by atoms with Crippen molar-refractivity contribution in [3.63, 3.8) is 0 Å². The van der Waals surface area contributed by atoms with Crippen molar-refractivity contribution in [2.45, 2.75) is 26.2 Å². The summed E-state index contributed by atoms with van der Waals surface area (Å²) in [4.78, 5) is 8.33. The number of pyridine rings is 1. The first-order chi connectivity index (χ1) is 8.79. The van der Waals surface area contributed by atoms with Gasteiger partial charge in [0.25, 0.3) is 0 Å². The second kappa shape index (κ2) is 6.38. The van der Waals surface area contributed by atoms with Crippen molar-refractivity contribution < 1.29 is 0 Å². The standard InChI is InChI=1S/C14H22N4/c1-11-9-16-7-5-13(11)6-8-17-14(15-2)18-10-12-3-4-12/h5,7,9,12H,3-4,6,8,10H2,1-2H3,(H2,15,17,18). The molecule has 0 unspecified atom stereocenters. The van der Waals surface area contributed by atoms with Crippen LogP contribution in [0.4, 0.5) is 0 Å². The summed E-state index contributed by atoms with van der Waals surface area (Å²) in [6.07, 6.45) is 7.48. The second-order valence-electron chi connectivity index (χ2n) is 4.88. The molecular weight excluding hydrogens is 224 g/mol. The van der Waals surface area contributed by atoms with Crippen molar-refractivity contribution in [1.82, 2.24) is 15.6 Å². The van der Waals surface area contributed by atoms with Gasteiger partial charge in [-0.25, -0.2) is 0 Å². The lowest BCUT2D eigenvalue weighted by Gasteiger charge is -2.12. The maximum absolute atomic E-state index is 4.22. The smallest absolute Gasteiger partial charge is 0.190 e. The highest BCUT2D eigenvalue weighted by molar-refractivity contribution is 5.79. The van der Waals surface area contributed by atoms with Crippen molar-refractivity contribution in [3.8, 4) is 0 Å². The molecular formula is C14H22N4. The molecule has 0 spiro atoms. The lowest BCUT2D eigenvalue weighted by Crippen LogP contribution is -2.39. The maximum Gasteiger partial charge on any atom is 0.190 e. The van der Waals surface area contributed by atoms with E-state index in [1.54, 1.807) is 0 Å². The number of aryl methyl sites for hydroxylation is 1. The molecule has 1 fully saturated rings. The van der Waals surface area contributed by atoms with Gasteiger partial charge in [0.15, 0.2) is 5.96 Å². The van der Waals surface area contributed by atoms with E-state index in [4.69, 9.17) is 0 Å². The van der Waals surface area contributed by atoms with Gasteiger partial charge in [0, 0.05) is 32.5 Å². The Kier molecular flexibility index (Phi) is 4.56. The number of aliphatic imine (C=N–C) groups is 1. The van der Waals surface area contributed by atoms with Gasteiger partial charge in [0.2, 0.25) is 0 Å². The predicted molar refractivity (Wildman–Crippen MR) is 74.8 cm³/mol. The molecule has 1 aliphatic carbocycles. The fraction of sp³-hybridized carbons (Fsp3) is 0.571. The van der Waals surface area contributed by atoms with Crippen LogP contribution in [-0.4, -0.2) is 31.1 Å². The van der Waals surface area contributed by atoms with E-state index in [0.717, 1.165) is 31.4 Å². The van der Waals surface area contributed by atoms with Crippen LogP contribution in [0.5, 0.6) is 0 Å². The zero-order chi connectivity index (χ0) is 12.8. The molecule has 4 heteroatoms. The topological polar surface area (TPSA) is 49.3 Å². The van der Waals surface area contributed by atoms with E-state index in [9.17, 15) is 0 Å². The third kappa shape index (κ3) is 4.02. The molecule has 0 aromatic carbocycles. The second-order valence-corrected chi connectivity index (χ2v) is 4.88. The Bertz CT molecular complexity index is 410. The van der Waals surface area contributed by atoms with E-state index in [2.05, 4.69) is 33.6 Å². The molecule has 2 N–H and O–H groups in total. The first kappa shape index (κ1) is 12.9. The third-order valence-electron chi connectivity index (χ3n) is 3.30. The molecule has 0 aliphatic heterocycles. The monoisotopic (exact) mass is 246 g/mol. The summed E-state index contributed by atoms with van der Waals surface area (Å²) >= 11 is 0. The summed E-state index contributed by atoms with van der Waals surface area (Å²) in [6, 6.07) is 2.08. The van der Waals surface area contributed by atoms with Crippen molar-refractivity contribution in [2.24, 2.45) is 10.9 Å². The molecule has 0 amide bonds. The number of hydrogen-bond donors (Lipinski definition) is 2. The van der Waals surface area contributed by atoms with Crippen LogP contribution in [-0.2, 0) is 6.42 Å². The summed E-state index contributed by atoms with van der Waals surface area (Å²) < 4.78 is 0. The lowest BCUT2D eigenvalue weighted by molar-refractivity contribution is 0.734. The van der Waals surface area contributed by atoms with Crippen molar-refractivity contribution >= 4 is 5.96 Å². The highest BCUT2D eigenvalue weighted by atomic mass is 15.2. The van der Waals surface area contributed by atoms with E-state index < -0.39 is 0 Å². The van der Waals surface area contributed by atoms with Crippen LogP contribution in [0.15, 0.2) is 23.5 Å². The Labute approximate surface area is 109 Å². The molecule has 0 saturated heterocycles. The fourth-order valence-electron chi connectivity index (χ4n) is 1.88. The number of nitrogens with one attached hydrogen (secondary N) is 2. The van der Waals surface area contributed by atoms with Gasteiger partial charge in [-0.15, -0.1) is 0 Å². The van der Waals surface area contributed by atoms with Crippen LogP contribution < -0.4 is 10.6 Å². The van der Waals surface area contributed by atoms with Gasteiger partial charge in [-0.3, -0.25) is 9.98 Å². The van der Waals surface area contributed by atoms with Crippen LogP contribution in [0.25, 0.3) is 0 Å². The highest BCUT2D eigenvalue weighted by Gasteiger charge is 2.20. The van der Waals surface area contributed by atoms with Gasteiger partial charge < -0.3 is 10.6 Å². The fourth-order valence-corrected chi connectivity index (χ4v) is 1.88. The van der Waals surface area contributed by atoms with Gasteiger partial charge >= 0.3 is 0 Å². The number of aromatic nitrogens is 1. The summed E-state index contributed by atoms with van der Waals surface area (Å²) in [7, 11) is 1.82. The van der Waals surface area contributed by atoms with Crippen LogP contribution in [0.1, 0.15) is 24.0 Å². The van der Waals surface area contributed by atoms with Gasteiger partial charge in [0.05, 0.1) is 0 Å². The van der Waals surface area contributed by atoms with Gasteiger partial charge in [-0.2, -0.15) is 0 Å². The molecule has 1 heterocycles. The summed E-state index contributed by atoms with van der Waals surface area (Å²) in [5, 5.41) is 6.71. The maximum atomic E-state index is 4.22. The van der Waals surface area contributed by atoms with E-state index >= 15 is 0 Å². The summed E-state index contributed by atoms with van der Waals surface area (Å²) in [5.74, 6) is 1.78. The lowest BCUT2D eigenvalue weighted by atomic mass is 10.1. The largest absolute Gasteiger partial charge is 0.356 e. The third-order valence-corrected chi connectivity index (χ3v) is 3.30. The number of guanidine groups is 1. The molecule has 18 heavy (non-hydrogen) atoms. The highest BCUT2D eigenvalue weighted by Crippen LogP contribution is 2.27. The van der Waals surface area contributed by atoms with Crippen LogP contribution in [0.2, 0.25) is 0 Å². The molecule has 1 aromatic heterocycles. The average Bonchev–Trinajstić information content (AvgIpc) is 3.19. The summed E-state index contributed by atoms with van der Waals surface area (Å²) in [5.41, 5.74) is 2.59. The minimum absolute atomic E-state index is 0.867. The number of rotatable bonds is 5. The van der Waals surface area contributed by atoms with Crippen LogP contribution in [0, 0.1) is 12.8 Å². The van der Waals surface area contributed by atoms with E-state index in [1.807, 2.05) is 19.4 Å². The van der Waals surface area contributed by atoms with Crippen molar-refractivity contribution in [1.29, 1.82) is 0 Å². The van der Waals surface area contributed by atoms with Gasteiger partial charge in [-0.05, 0) is 49.3 Å². The molecule has 0 radical (unpaired) electrons. The van der Waals surface area contributed by atoms with Crippen LogP contribution >= 0.6 is 0 Å². The normalized spacial score (nSPS) is 15.6. The zero-order valence-electron chi connectivity index (χ0n) is 11.2. The molecule has 1 aromatic rings. The molecule has 1 aliphatic rings. The average molecular weight is 246 g/mol. The molecule has 0 bridgehead atoms. The Morgan fingerprint density at radius 2 is 2.28 bits per heavy atom. The number of nitrogens with zero attached hydrogens (tertiary/aromatic N) is 2. The quantitative estimate of drug-likeness (QED) is 0.611. The Morgan fingerprint density at radius 3 is 2.94 bits per heavy atom. The van der Waals surface area contributed by atoms with Crippen molar-refractivity contribution in [2.75, 3.05) is 20.1 Å². The summed E-state index contributed by atoms with van der Waals surface area (Å²) in [6.45, 7) is 4.05. The van der Waals surface area contributed by atoms with Gasteiger partial charge in [-0.1, -0.05) is 0 Å². The Hall–Kier alpha value is -1.58. The van der Waals surface area contributed by atoms with E-state index in [-0.39, 0.29) is 0 Å².